The van der Waals surface area contributed by atoms with Gasteiger partial charge in [0.05, 0.1) is 6.61 Å². The van der Waals surface area contributed by atoms with Crippen LogP contribution in [0.25, 0.3) is 0 Å². The van der Waals surface area contributed by atoms with Crippen LogP contribution in [0.3, 0.4) is 0 Å². The van der Waals surface area contributed by atoms with Gasteiger partial charge in [0.2, 0.25) is 0 Å². The van der Waals surface area contributed by atoms with E-state index in [4.69, 9.17) is 4.74 Å². The zero-order chi connectivity index (χ0) is 12.2. The van der Waals surface area contributed by atoms with E-state index in [1.807, 2.05) is 0 Å². The molecule has 1 N–H and O–H groups in total. The van der Waals surface area contributed by atoms with Crippen molar-refractivity contribution in [2.45, 2.75) is 50.5 Å². The van der Waals surface area contributed by atoms with E-state index >= 15 is 0 Å². The predicted molar refractivity (Wildman–Crippen MR) is 72.0 cm³/mol. The monoisotopic (exact) mass is 267 g/mol. The average molecular weight is 267 g/mol. The van der Waals surface area contributed by atoms with Crippen LogP contribution in [0.5, 0.6) is 0 Å². The Morgan fingerprint density at radius 1 is 1.28 bits per heavy atom. The van der Waals surface area contributed by atoms with E-state index in [9.17, 15) is 0 Å². The van der Waals surface area contributed by atoms with Crippen molar-refractivity contribution in [1.29, 1.82) is 0 Å². The molecule has 1 saturated heterocycles. The summed E-state index contributed by atoms with van der Waals surface area (Å²) in [5, 5.41) is 14.5. The molecule has 1 aromatic rings. The van der Waals surface area contributed by atoms with E-state index in [-0.39, 0.29) is 0 Å². The Balaban J connectivity index is 1.43. The quantitative estimate of drug-likeness (QED) is 0.802. The first-order chi connectivity index (χ1) is 8.92. The summed E-state index contributed by atoms with van der Waals surface area (Å²) in [6.45, 7) is 2.86. The maximum Gasteiger partial charge on any atom is 0.122 e. The second-order valence-corrected chi connectivity index (χ2v) is 6.37. The van der Waals surface area contributed by atoms with Crippen molar-refractivity contribution in [3.05, 3.63) is 10.0 Å². The van der Waals surface area contributed by atoms with Crippen molar-refractivity contribution in [2.24, 2.45) is 0 Å². The summed E-state index contributed by atoms with van der Waals surface area (Å²) >= 11 is 1.78. The van der Waals surface area contributed by atoms with Gasteiger partial charge in [0, 0.05) is 25.0 Å². The molecule has 0 aromatic carbocycles. The minimum atomic E-state index is 0.495. The minimum Gasteiger partial charge on any atom is -0.381 e. The molecule has 0 spiro atoms. The highest BCUT2D eigenvalue weighted by atomic mass is 32.1. The van der Waals surface area contributed by atoms with Crippen molar-refractivity contribution < 1.29 is 4.74 Å². The van der Waals surface area contributed by atoms with Gasteiger partial charge in [0.25, 0.3) is 0 Å². The van der Waals surface area contributed by atoms with E-state index in [0.717, 1.165) is 38.6 Å². The molecule has 1 atom stereocenters. The van der Waals surface area contributed by atoms with Gasteiger partial charge in [-0.05, 0) is 38.6 Å². The number of hydrogen-bond acceptors (Lipinski definition) is 5. The number of nitrogens with zero attached hydrogens (tertiary/aromatic N) is 2. The summed E-state index contributed by atoms with van der Waals surface area (Å²) in [6.07, 6.45) is 7.33. The second-order valence-electron chi connectivity index (χ2n) is 5.28. The lowest BCUT2D eigenvalue weighted by molar-refractivity contribution is 0.0802. The molecule has 2 heterocycles. The van der Waals surface area contributed by atoms with Crippen LogP contribution in [0.4, 0.5) is 0 Å². The first-order valence-corrected chi connectivity index (χ1v) is 7.87. The molecule has 0 bridgehead atoms. The van der Waals surface area contributed by atoms with E-state index in [2.05, 4.69) is 15.5 Å². The van der Waals surface area contributed by atoms with Gasteiger partial charge in [0.1, 0.15) is 10.0 Å². The molecule has 5 heteroatoms. The van der Waals surface area contributed by atoms with Gasteiger partial charge in [-0.3, -0.25) is 0 Å². The van der Waals surface area contributed by atoms with Crippen LogP contribution in [0.2, 0.25) is 0 Å². The molecule has 2 fully saturated rings. The van der Waals surface area contributed by atoms with Gasteiger partial charge >= 0.3 is 0 Å². The zero-order valence-corrected chi connectivity index (χ0v) is 11.5. The lowest BCUT2D eigenvalue weighted by Crippen LogP contribution is -2.17. The fraction of sp³-hybridized carbons (Fsp3) is 0.846. The molecule has 100 valence electrons. The molecule has 0 radical (unpaired) electrons. The highest BCUT2D eigenvalue weighted by Crippen LogP contribution is 2.28. The lowest BCUT2D eigenvalue weighted by Gasteiger charge is -2.19. The molecular weight excluding hydrogens is 246 g/mol. The molecule has 18 heavy (non-hydrogen) atoms. The van der Waals surface area contributed by atoms with Crippen LogP contribution in [-0.4, -0.2) is 36.0 Å². The molecule has 1 saturated carbocycles. The number of ether oxygens (including phenoxy) is 1. The molecule has 1 aromatic heterocycles. The van der Waals surface area contributed by atoms with Crippen LogP contribution < -0.4 is 5.32 Å². The summed E-state index contributed by atoms with van der Waals surface area (Å²) in [5.41, 5.74) is 0. The molecule has 1 unspecified atom stereocenters. The number of nitrogens with one attached hydrogen (secondary N) is 1. The van der Waals surface area contributed by atoms with Crippen molar-refractivity contribution >= 4 is 11.3 Å². The summed E-state index contributed by atoms with van der Waals surface area (Å²) < 4.78 is 5.51. The Labute approximate surface area is 112 Å². The van der Waals surface area contributed by atoms with Crippen molar-refractivity contribution in [2.75, 3.05) is 19.8 Å². The second kappa shape index (κ2) is 6.08. The SMILES string of the molecule is C(CNC1CC1)Cc1nnc(C2CCCOC2)s1. The summed E-state index contributed by atoms with van der Waals surface area (Å²) in [5.74, 6) is 0.495. The van der Waals surface area contributed by atoms with Crippen LogP contribution in [0.1, 0.15) is 48.0 Å². The van der Waals surface area contributed by atoms with Crippen LogP contribution in [0.15, 0.2) is 0 Å². The Morgan fingerprint density at radius 3 is 3.00 bits per heavy atom. The number of aromatic nitrogens is 2. The Bertz CT molecular complexity index is 372. The summed E-state index contributed by atoms with van der Waals surface area (Å²) in [6, 6.07) is 0.814. The topological polar surface area (TPSA) is 47.0 Å². The molecule has 2 aliphatic rings. The molecule has 4 nitrogen and oxygen atoms in total. The Hall–Kier alpha value is -0.520. The number of aryl methyl sites for hydroxylation is 1. The molecule has 1 aliphatic heterocycles. The first kappa shape index (κ1) is 12.5. The van der Waals surface area contributed by atoms with E-state index in [1.165, 1.54) is 35.7 Å². The van der Waals surface area contributed by atoms with E-state index in [0.29, 0.717) is 5.92 Å². The third-order valence-corrected chi connectivity index (χ3v) is 4.72. The normalized spacial score (nSPS) is 24.3. The maximum atomic E-state index is 5.51. The average Bonchev–Trinajstić information content (AvgIpc) is 3.12. The van der Waals surface area contributed by atoms with E-state index in [1.54, 1.807) is 11.3 Å². The van der Waals surface area contributed by atoms with Gasteiger partial charge in [-0.1, -0.05) is 0 Å². The third-order valence-electron chi connectivity index (χ3n) is 3.57. The fourth-order valence-electron chi connectivity index (χ4n) is 2.30. The molecule has 1 aliphatic carbocycles. The van der Waals surface area contributed by atoms with Crippen molar-refractivity contribution in [3.8, 4) is 0 Å². The standard InChI is InChI=1S/C13H21N3OS/c1(7-14-11-5-6-11)4-12-15-16-13(18-12)10-3-2-8-17-9-10/h10-11,14H,1-9H2. The van der Waals surface area contributed by atoms with Gasteiger partial charge in [-0.25, -0.2) is 0 Å². The van der Waals surface area contributed by atoms with E-state index < -0.39 is 0 Å². The number of rotatable bonds is 6. The van der Waals surface area contributed by atoms with Crippen molar-refractivity contribution in [1.82, 2.24) is 15.5 Å². The summed E-state index contributed by atoms with van der Waals surface area (Å²) in [4.78, 5) is 0. The minimum absolute atomic E-state index is 0.495. The number of hydrogen-bond donors (Lipinski definition) is 1. The summed E-state index contributed by atoms with van der Waals surface area (Å²) in [7, 11) is 0. The zero-order valence-electron chi connectivity index (χ0n) is 10.7. The first-order valence-electron chi connectivity index (χ1n) is 7.05. The molecule has 0 amide bonds. The molecular formula is C13H21N3OS. The third kappa shape index (κ3) is 3.49. The van der Waals surface area contributed by atoms with Crippen LogP contribution >= 0.6 is 11.3 Å². The smallest absolute Gasteiger partial charge is 0.122 e. The lowest BCUT2D eigenvalue weighted by atomic mass is 10.0. The Morgan fingerprint density at radius 2 is 2.22 bits per heavy atom. The highest BCUT2D eigenvalue weighted by Gasteiger charge is 2.21. The van der Waals surface area contributed by atoms with Gasteiger partial charge < -0.3 is 10.1 Å². The predicted octanol–water partition coefficient (Wildman–Crippen LogP) is 2.12. The van der Waals surface area contributed by atoms with Gasteiger partial charge in [-0.15, -0.1) is 21.5 Å². The fourth-order valence-corrected chi connectivity index (χ4v) is 3.31. The van der Waals surface area contributed by atoms with Crippen LogP contribution in [-0.2, 0) is 11.2 Å². The maximum absolute atomic E-state index is 5.51. The van der Waals surface area contributed by atoms with Gasteiger partial charge in [-0.2, -0.15) is 0 Å². The van der Waals surface area contributed by atoms with Crippen LogP contribution in [0, 0.1) is 0 Å². The Kier molecular flexibility index (Phi) is 4.23. The van der Waals surface area contributed by atoms with Crippen molar-refractivity contribution in [3.63, 3.8) is 0 Å². The highest BCUT2D eigenvalue weighted by molar-refractivity contribution is 7.11. The largest absolute Gasteiger partial charge is 0.381 e. The molecule has 3 rings (SSSR count). The van der Waals surface area contributed by atoms with Gasteiger partial charge in [0.15, 0.2) is 0 Å².